The Hall–Kier alpha value is -3.46. The SMILES string of the molecule is CC(=Nc1ccccc1C)C(Cc1cccc(C(=N)N)c1)NSc1cccc(NC(=O)CCN)c1. The van der Waals surface area contributed by atoms with Gasteiger partial charge in [0.2, 0.25) is 5.91 Å². The lowest BCUT2D eigenvalue weighted by molar-refractivity contribution is -0.116. The number of hydrogen-bond donors (Lipinski definition) is 5. The number of benzene rings is 3. The molecule has 7 N–H and O–H groups in total. The Labute approximate surface area is 211 Å². The van der Waals surface area contributed by atoms with E-state index in [1.807, 2.05) is 86.6 Å². The van der Waals surface area contributed by atoms with E-state index >= 15 is 0 Å². The van der Waals surface area contributed by atoms with Gasteiger partial charge in [-0.2, -0.15) is 0 Å². The van der Waals surface area contributed by atoms with Gasteiger partial charge in [0.25, 0.3) is 0 Å². The van der Waals surface area contributed by atoms with Crippen LogP contribution in [0.2, 0.25) is 0 Å². The molecule has 182 valence electrons. The van der Waals surface area contributed by atoms with Gasteiger partial charge in [0, 0.05) is 34.8 Å². The summed E-state index contributed by atoms with van der Waals surface area (Å²) in [6.45, 7) is 4.38. The molecular weight excluding hydrogens is 456 g/mol. The first-order chi connectivity index (χ1) is 16.9. The molecule has 1 unspecified atom stereocenters. The van der Waals surface area contributed by atoms with Crippen LogP contribution in [0.5, 0.6) is 0 Å². The zero-order valence-electron chi connectivity index (χ0n) is 20.0. The van der Waals surface area contributed by atoms with Crippen molar-refractivity contribution in [2.24, 2.45) is 16.5 Å². The summed E-state index contributed by atoms with van der Waals surface area (Å²) in [7, 11) is 0. The maximum Gasteiger partial charge on any atom is 0.225 e. The van der Waals surface area contributed by atoms with E-state index in [0.717, 1.165) is 33.1 Å². The van der Waals surface area contributed by atoms with E-state index in [1.54, 1.807) is 0 Å². The van der Waals surface area contributed by atoms with Gasteiger partial charge in [-0.05, 0) is 73.7 Å². The number of nitrogen functional groups attached to an aromatic ring is 1. The summed E-state index contributed by atoms with van der Waals surface area (Å²) in [5.74, 6) is -0.0587. The maximum atomic E-state index is 11.9. The molecule has 0 aliphatic heterocycles. The largest absolute Gasteiger partial charge is 0.384 e. The first-order valence-electron chi connectivity index (χ1n) is 11.4. The van der Waals surface area contributed by atoms with E-state index in [9.17, 15) is 4.79 Å². The van der Waals surface area contributed by atoms with Gasteiger partial charge in [-0.15, -0.1) is 0 Å². The van der Waals surface area contributed by atoms with Crippen LogP contribution in [0.1, 0.15) is 30.0 Å². The topological polar surface area (TPSA) is 129 Å². The second-order valence-corrected chi connectivity index (χ2v) is 9.16. The fourth-order valence-electron chi connectivity index (χ4n) is 3.46. The number of hydrogen-bond acceptors (Lipinski definition) is 6. The quantitative estimate of drug-likeness (QED) is 0.153. The van der Waals surface area contributed by atoms with Crippen molar-refractivity contribution in [3.8, 4) is 0 Å². The number of aryl methyl sites for hydroxylation is 1. The molecule has 1 amide bonds. The predicted octanol–water partition coefficient (Wildman–Crippen LogP) is 4.57. The zero-order valence-corrected chi connectivity index (χ0v) is 20.9. The third-order valence-corrected chi connectivity index (χ3v) is 6.29. The van der Waals surface area contributed by atoms with Crippen LogP contribution in [-0.4, -0.2) is 30.0 Å². The molecule has 0 aromatic heterocycles. The zero-order chi connectivity index (χ0) is 25.2. The lowest BCUT2D eigenvalue weighted by atomic mass is 10.0. The molecule has 3 aromatic rings. The van der Waals surface area contributed by atoms with Crippen LogP contribution in [0.4, 0.5) is 11.4 Å². The highest BCUT2D eigenvalue weighted by Gasteiger charge is 2.15. The fourth-order valence-corrected chi connectivity index (χ4v) is 4.33. The minimum Gasteiger partial charge on any atom is -0.384 e. The van der Waals surface area contributed by atoms with Crippen molar-refractivity contribution >= 4 is 40.8 Å². The van der Waals surface area contributed by atoms with Gasteiger partial charge in [0.1, 0.15) is 5.84 Å². The average molecular weight is 489 g/mol. The van der Waals surface area contributed by atoms with E-state index in [-0.39, 0.29) is 24.2 Å². The standard InChI is InChI=1S/C27H32N6OS/c1-18-7-3-4-12-24(18)31-19(2)25(16-20-8-5-9-21(15-20)27(29)30)33-35-23-11-6-10-22(17-23)32-26(34)13-14-28/h3-12,15,17,25,33H,13-14,16,28H2,1-2H3,(H3,29,30)(H,32,34). The number of nitrogens with one attached hydrogen (secondary N) is 3. The van der Waals surface area contributed by atoms with E-state index < -0.39 is 0 Å². The van der Waals surface area contributed by atoms with E-state index in [2.05, 4.69) is 10.0 Å². The third-order valence-electron chi connectivity index (χ3n) is 5.40. The van der Waals surface area contributed by atoms with Crippen LogP contribution in [0, 0.1) is 12.3 Å². The van der Waals surface area contributed by atoms with Crippen molar-refractivity contribution in [1.82, 2.24) is 4.72 Å². The first-order valence-corrected chi connectivity index (χ1v) is 12.2. The molecule has 35 heavy (non-hydrogen) atoms. The molecular formula is C27H32N6OS. The van der Waals surface area contributed by atoms with E-state index in [1.165, 1.54) is 11.9 Å². The van der Waals surface area contributed by atoms with Gasteiger partial charge in [-0.1, -0.05) is 42.5 Å². The van der Waals surface area contributed by atoms with Gasteiger partial charge < -0.3 is 16.8 Å². The van der Waals surface area contributed by atoms with Gasteiger partial charge in [0.15, 0.2) is 0 Å². The van der Waals surface area contributed by atoms with Gasteiger partial charge in [-0.25, -0.2) is 0 Å². The van der Waals surface area contributed by atoms with Crippen molar-refractivity contribution in [2.45, 2.75) is 37.6 Å². The summed E-state index contributed by atoms with van der Waals surface area (Å²) in [5.41, 5.74) is 16.6. The Kier molecular flexibility index (Phi) is 9.60. The second-order valence-electron chi connectivity index (χ2n) is 8.25. The average Bonchev–Trinajstić information content (AvgIpc) is 2.83. The van der Waals surface area contributed by atoms with Crippen molar-refractivity contribution in [3.63, 3.8) is 0 Å². The van der Waals surface area contributed by atoms with Crippen LogP contribution in [-0.2, 0) is 11.2 Å². The summed E-state index contributed by atoms with van der Waals surface area (Å²) >= 11 is 1.48. The van der Waals surface area contributed by atoms with Crippen molar-refractivity contribution < 1.29 is 4.79 Å². The summed E-state index contributed by atoms with van der Waals surface area (Å²) < 4.78 is 3.55. The highest BCUT2D eigenvalue weighted by Crippen LogP contribution is 2.23. The number of anilines is 1. The molecule has 3 rings (SSSR count). The molecule has 8 heteroatoms. The van der Waals surface area contributed by atoms with Gasteiger partial charge in [-0.3, -0.25) is 19.9 Å². The van der Waals surface area contributed by atoms with Gasteiger partial charge >= 0.3 is 0 Å². The number of nitrogens with zero attached hydrogens (tertiary/aromatic N) is 1. The minimum absolute atomic E-state index is 0.0459. The minimum atomic E-state index is -0.105. The number of carbonyl (C=O) groups excluding carboxylic acids is 1. The van der Waals surface area contributed by atoms with E-state index in [4.69, 9.17) is 21.9 Å². The number of rotatable bonds is 11. The highest BCUT2D eigenvalue weighted by molar-refractivity contribution is 7.97. The number of amides is 1. The molecule has 0 radical (unpaired) electrons. The Morgan fingerprint density at radius 1 is 1.09 bits per heavy atom. The Balaban J connectivity index is 1.82. The number of nitrogens with two attached hydrogens (primary N) is 2. The highest BCUT2D eigenvalue weighted by atomic mass is 32.2. The van der Waals surface area contributed by atoms with Crippen LogP contribution in [0.3, 0.4) is 0 Å². The monoisotopic (exact) mass is 488 g/mol. The molecule has 7 nitrogen and oxygen atoms in total. The van der Waals surface area contributed by atoms with Crippen LogP contribution < -0.4 is 21.5 Å². The lowest BCUT2D eigenvalue weighted by Crippen LogP contribution is -2.33. The van der Waals surface area contributed by atoms with E-state index in [0.29, 0.717) is 18.5 Å². The van der Waals surface area contributed by atoms with Crippen molar-refractivity contribution in [1.29, 1.82) is 5.41 Å². The molecule has 1 atom stereocenters. The van der Waals surface area contributed by atoms with Crippen molar-refractivity contribution in [2.75, 3.05) is 11.9 Å². The third kappa shape index (κ3) is 8.06. The number of carbonyl (C=O) groups is 1. The molecule has 3 aromatic carbocycles. The molecule has 0 fully saturated rings. The summed E-state index contributed by atoms with van der Waals surface area (Å²) in [5, 5.41) is 10.6. The Morgan fingerprint density at radius 3 is 2.60 bits per heavy atom. The second kappa shape index (κ2) is 12.9. The number of aliphatic imine (C=N–C) groups is 1. The first kappa shape index (κ1) is 26.2. The predicted molar refractivity (Wildman–Crippen MR) is 147 cm³/mol. The van der Waals surface area contributed by atoms with Crippen molar-refractivity contribution in [3.05, 3.63) is 89.5 Å². The molecule has 0 spiro atoms. The summed E-state index contributed by atoms with van der Waals surface area (Å²) in [6.07, 6.45) is 0.952. The van der Waals surface area contributed by atoms with Crippen LogP contribution in [0.15, 0.2) is 82.7 Å². The molecule has 0 saturated heterocycles. The fraction of sp³-hybridized carbons (Fsp3) is 0.222. The molecule has 0 heterocycles. The maximum absolute atomic E-state index is 11.9. The molecule has 0 bridgehead atoms. The Morgan fingerprint density at radius 2 is 1.86 bits per heavy atom. The lowest BCUT2D eigenvalue weighted by Gasteiger charge is -2.19. The van der Waals surface area contributed by atoms with Gasteiger partial charge in [0.05, 0.1) is 11.7 Å². The smallest absolute Gasteiger partial charge is 0.225 e. The normalized spacial score (nSPS) is 12.3. The molecule has 0 aliphatic rings. The Bertz CT molecular complexity index is 1210. The summed E-state index contributed by atoms with van der Waals surface area (Å²) in [6, 6.07) is 23.3. The molecule has 0 saturated carbocycles. The van der Waals surface area contributed by atoms with Crippen LogP contribution in [0.25, 0.3) is 0 Å². The molecule has 0 aliphatic carbocycles. The number of para-hydroxylation sites is 1. The van der Waals surface area contributed by atoms with Crippen LogP contribution >= 0.6 is 11.9 Å². The number of amidine groups is 1. The summed E-state index contributed by atoms with van der Waals surface area (Å²) in [4.78, 5) is 17.8.